The van der Waals surface area contributed by atoms with Crippen LogP contribution in [0.15, 0.2) is 30.6 Å². The molecule has 9 nitrogen and oxygen atoms in total. The second-order valence-electron chi connectivity index (χ2n) is 6.82. The number of carbonyl (C=O) groups is 2. The van der Waals surface area contributed by atoms with Crippen molar-refractivity contribution in [2.75, 3.05) is 23.7 Å². The first kappa shape index (κ1) is 19.1. The predicted octanol–water partition coefficient (Wildman–Crippen LogP) is 2.80. The van der Waals surface area contributed by atoms with Gasteiger partial charge in [-0.15, -0.1) is 0 Å². The summed E-state index contributed by atoms with van der Waals surface area (Å²) in [6, 6.07) is 7.22. The molecule has 2 amide bonds. The highest BCUT2D eigenvalue weighted by Crippen LogP contribution is 2.25. The minimum atomic E-state index is -0.129. The third kappa shape index (κ3) is 4.29. The molecule has 1 aliphatic rings. The fourth-order valence-corrected chi connectivity index (χ4v) is 3.48. The van der Waals surface area contributed by atoms with Gasteiger partial charge in [0.05, 0.1) is 6.33 Å². The van der Waals surface area contributed by atoms with Gasteiger partial charge in [0, 0.05) is 44.4 Å². The molecular formula is C19H20ClN7O2. The molecule has 0 saturated carbocycles. The van der Waals surface area contributed by atoms with Gasteiger partial charge < -0.3 is 20.1 Å². The summed E-state index contributed by atoms with van der Waals surface area (Å²) in [6.07, 6.45) is 3.21. The quantitative estimate of drug-likeness (QED) is 0.602. The van der Waals surface area contributed by atoms with Gasteiger partial charge in [0.25, 0.3) is 0 Å². The number of rotatable bonds is 6. The Bertz CT molecular complexity index is 1060. The van der Waals surface area contributed by atoms with Gasteiger partial charge in [-0.2, -0.15) is 9.97 Å². The Balaban J connectivity index is 1.54. The fourth-order valence-electron chi connectivity index (χ4n) is 3.31. The van der Waals surface area contributed by atoms with Crippen molar-refractivity contribution in [3.05, 3.63) is 35.9 Å². The number of amides is 2. The standard InChI is InChI=1S/C19H20ClN7O2/c1-12(28)22-13-4-6-14(7-5-13)23-17-16-18(25-19(20)24-17)27(11-21-16)10-9-26-8-2-3-15(26)29/h4-7,11H,2-3,8-10H2,1H3,(H,22,28)(H,23,24,25). The van der Waals surface area contributed by atoms with Gasteiger partial charge in [-0.3, -0.25) is 9.59 Å². The topological polar surface area (TPSA) is 105 Å². The van der Waals surface area contributed by atoms with Gasteiger partial charge in [0.1, 0.15) is 0 Å². The molecule has 1 fully saturated rings. The highest BCUT2D eigenvalue weighted by Gasteiger charge is 2.20. The molecule has 4 rings (SSSR count). The Morgan fingerprint density at radius 2 is 1.93 bits per heavy atom. The molecule has 0 radical (unpaired) electrons. The van der Waals surface area contributed by atoms with Crippen LogP contribution in [0.3, 0.4) is 0 Å². The van der Waals surface area contributed by atoms with Crippen molar-refractivity contribution in [2.45, 2.75) is 26.3 Å². The van der Waals surface area contributed by atoms with Gasteiger partial charge in [0.2, 0.25) is 17.1 Å². The Morgan fingerprint density at radius 3 is 2.62 bits per heavy atom. The van der Waals surface area contributed by atoms with Gasteiger partial charge >= 0.3 is 0 Å². The normalized spacial score (nSPS) is 13.9. The fraction of sp³-hybridized carbons (Fsp3) is 0.316. The molecule has 3 aromatic rings. The number of carbonyl (C=O) groups excluding carboxylic acids is 2. The number of anilines is 3. The molecule has 1 saturated heterocycles. The smallest absolute Gasteiger partial charge is 0.226 e. The lowest BCUT2D eigenvalue weighted by molar-refractivity contribution is -0.127. The number of fused-ring (bicyclic) bond motifs is 1. The molecule has 1 aliphatic heterocycles. The SMILES string of the molecule is CC(=O)Nc1ccc(Nc2nc(Cl)nc3c2ncn3CCN2CCCC2=O)cc1. The maximum Gasteiger partial charge on any atom is 0.226 e. The molecule has 0 bridgehead atoms. The lowest BCUT2D eigenvalue weighted by atomic mass is 10.2. The van der Waals surface area contributed by atoms with Crippen molar-refractivity contribution < 1.29 is 9.59 Å². The summed E-state index contributed by atoms with van der Waals surface area (Å²) < 4.78 is 1.87. The third-order valence-corrected chi connectivity index (χ3v) is 4.86. The van der Waals surface area contributed by atoms with E-state index in [2.05, 4.69) is 25.6 Å². The minimum absolute atomic E-state index is 0.105. The van der Waals surface area contributed by atoms with Crippen LogP contribution < -0.4 is 10.6 Å². The summed E-state index contributed by atoms with van der Waals surface area (Å²) >= 11 is 6.14. The van der Waals surface area contributed by atoms with Gasteiger partial charge in [-0.05, 0) is 42.3 Å². The van der Waals surface area contributed by atoms with Crippen LogP contribution in [0.4, 0.5) is 17.2 Å². The molecule has 2 N–H and O–H groups in total. The van der Waals surface area contributed by atoms with Crippen molar-refractivity contribution in [1.82, 2.24) is 24.4 Å². The molecule has 2 aromatic heterocycles. The molecule has 0 aliphatic carbocycles. The van der Waals surface area contributed by atoms with E-state index in [0.717, 1.165) is 18.7 Å². The molecule has 10 heteroatoms. The van der Waals surface area contributed by atoms with Crippen molar-refractivity contribution in [2.24, 2.45) is 0 Å². The molecule has 0 unspecified atom stereocenters. The molecule has 150 valence electrons. The zero-order valence-corrected chi connectivity index (χ0v) is 16.6. The largest absolute Gasteiger partial charge is 0.341 e. The first-order valence-corrected chi connectivity index (χ1v) is 9.68. The van der Waals surface area contributed by atoms with E-state index in [-0.39, 0.29) is 17.1 Å². The molecular weight excluding hydrogens is 394 g/mol. The highest BCUT2D eigenvalue weighted by atomic mass is 35.5. The van der Waals surface area contributed by atoms with Crippen LogP contribution in [0, 0.1) is 0 Å². The van der Waals surface area contributed by atoms with Crippen molar-refractivity contribution in [3.63, 3.8) is 0 Å². The zero-order valence-electron chi connectivity index (χ0n) is 15.9. The second-order valence-corrected chi connectivity index (χ2v) is 7.16. The van der Waals surface area contributed by atoms with E-state index in [0.29, 0.717) is 42.2 Å². The van der Waals surface area contributed by atoms with Crippen molar-refractivity contribution in [1.29, 1.82) is 0 Å². The monoisotopic (exact) mass is 413 g/mol. The number of hydrogen-bond donors (Lipinski definition) is 2. The van der Waals surface area contributed by atoms with E-state index in [1.54, 1.807) is 18.5 Å². The summed E-state index contributed by atoms with van der Waals surface area (Å²) in [5, 5.41) is 6.02. The minimum Gasteiger partial charge on any atom is -0.341 e. The number of nitrogens with zero attached hydrogens (tertiary/aromatic N) is 5. The van der Waals surface area contributed by atoms with Crippen LogP contribution in [0.5, 0.6) is 0 Å². The van der Waals surface area contributed by atoms with Gasteiger partial charge in [-0.1, -0.05) is 0 Å². The average Bonchev–Trinajstić information content (AvgIpc) is 3.27. The number of likely N-dealkylation sites (tertiary alicyclic amines) is 1. The third-order valence-electron chi connectivity index (χ3n) is 4.69. The molecule has 1 aromatic carbocycles. The number of imidazole rings is 1. The summed E-state index contributed by atoms with van der Waals surface area (Å²) in [6.45, 7) is 3.45. The lowest BCUT2D eigenvalue weighted by Gasteiger charge is -2.15. The number of hydrogen-bond acceptors (Lipinski definition) is 6. The van der Waals surface area contributed by atoms with Crippen LogP contribution >= 0.6 is 11.6 Å². The zero-order chi connectivity index (χ0) is 20.4. The van der Waals surface area contributed by atoms with Crippen LogP contribution in [-0.4, -0.2) is 49.3 Å². The maximum absolute atomic E-state index is 11.8. The van der Waals surface area contributed by atoms with Gasteiger partial charge in [0.15, 0.2) is 17.0 Å². The number of aromatic nitrogens is 4. The second kappa shape index (κ2) is 8.04. The van der Waals surface area contributed by atoms with Crippen LogP contribution in [0.1, 0.15) is 19.8 Å². The van der Waals surface area contributed by atoms with Crippen molar-refractivity contribution in [3.8, 4) is 0 Å². The van der Waals surface area contributed by atoms with E-state index in [9.17, 15) is 9.59 Å². The number of benzene rings is 1. The van der Waals surface area contributed by atoms with E-state index in [1.807, 2.05) is 21.6 Å². The van der Waals surface area contributed by atoms with Crippen LogP contribution in [-0.2, 0) is 16.1 Å². The summed E-state index contributed by atoms with van der Waals surface area (Å²) in [5.74, 6) is 0.548. The average molecular weight is 414 g/mol. The first-order chi connectivity index (χ1) is 14.0. The van der Waals surface area contributed by atoms with Crippen molar-refractivity contribution >= 4 is 51.8 Å². The molecule has 3 heterocycles. The summed E-state index contributed by atoms with van der Waals surface area (Å²) in [5.41, 5.74) is 2.67. The molecule has 29 heavy (non-hydrogen) atoms. The summed E-state index contributed by atoms with van der Waals surface area (Å²) in [4.78, 5) is 37.8. The van der Waals surface area contributed by atoms with Crippen LogP contribution in [0.25, 0.3) is 11.2 Å². The number of halogens is 1. The number of nitrogens with one attached hydrogen (secondary N) is 2. The van der Waals surface area contributed by atoms with E-state index >= 15 is 0 Å². The van der Waals surface area contributed by atoms with Gasteiger partial charge in [-0.25, -0.2) is 4.98 Å². The lowest BCUT2D eigenvalue weighted by Crippen LogP contribution is -2.28. The first-order valence-electron chi connectivity index (χ1n) is 9.30. The Hall–Kier alpha value is -3.20. The summed E-state index contributed by atoms with van der Waals surface area (Å²) in [7, 11) is 0. The molecule has 0 atom stereocenters. The highest BCUT2D eigenvalue weighted by molar-refractivity contribution is 6.28. The Morgan fingerprint density at radius 1 is 1.17 bits per heavy atom. The van der Waals surface area contributed by atoms with Crippen LogP contribution in [0.2, 0.25) is 5.28 Å². The maximum atomic E-state index is 11.8. The molecule has 0 spiro atoms. The van der Waals surface area contributed by atoms with E-state index in [1.165, 1.54) is 6.92 Å². The Kier molecular flexibility index (Phi) is 5.30. The van der Waals surface area contributed by atoms with E-state index in [4.69, 9.17) is 11.6 Å². The predicted molar refractivity (Wildman–Crippen MR) is 110 cm³/mol. The Labute approximate surface area is 172 Å². The van der Waals surface area contributed by atoms with E-state index < -0.39 is 0 Å².